The number of non-ortho nitro benzene ring substituents is 1. The molecule has 1 aliphatic heterocycles. The highest BCUT2D eigenvalue weighted by Gasteiger charge is 2.52. The average Bonchev–Trinajstić information content (AvgIpc) is 3.32. The van der Waals surface area contributed by atoms with Crippen LogP contribution in [-0.4, -0.2) is 47.3 Å². The Balaban J connectivity index is 1.39. The number of carbonyl (C=O) groups excluding carboxylic acids is 4. The van der Waals surface area contributed by atoms with Gasteiger partial charge in [0.1, 0.15) is 12.1 Å². The molecule has 2 aromatic carbocycles. The molecule has 1 heterocycles. The number of carbonyl (C=O) groups is 4. The van der Waals surface area contributed by atoms with Gasteiger partial charge in [0.25, 0.3) is 23.4 Å². The second-order valence-electron chi connectivity index (χ2n) is 8.09. The van der Waals surface area contributed by atoms with Crippen LogP contribution in [0, 0.1) is 10.1 Å². The van der Waals surface area contributed by atoms with Crippen molar-refractivity contribution in [2.75, 3.05) is 23.4 Å². The lowest BCUT2D eigenvalue weighted by Gasteiger charge is -2.44. The first-order valence-corrected chi connectivity index (χ1v) is 10.7. The molecule has 1 fully saturated rings. The number of esters is 1. The number of benzene rings is 2. The minimum Gasteiger partial charge on any atom is -0.454 e. The maximum atomic E-state index is 13.2. The number of nitro groups is 1. The molecule has 0 bridgehead atoms. The van der Waals surface area contributed by atoms with Gasteiger partial charge in [-0.2, -0.15) is 0 Å². The number of anilines is 2. The minimum absolute atomic E-state index is 0.0113. The maximum Gasteiger partial charge on any atom is 0.325 e. The second kappa shape index (κ2) is 9.30. The fourth-order valence-corrected chi connectivity index (χ4v) is 4.40. The summed E-state index contributed by atoms with van der Waals surface area (Å²) in [6, 6.07) is 12.0. The number of hydrogen-bond acceptors (Lipinski definition) is 7. The summed E-state index contributed by atoms with van der Waals surface area (Å²) >= 11 is 0. The molecule has 4 rings (SSSR count). The van der Waals surface area contributed by atoms with Crippen molar-refractivity contribution >= 4 is 40.8 Å². The molecule has 2 N–H and O–H groups in total. The Kier molecular flexibility index (Phi) is 6.26. The summed E-state index contributed by atoms with van der Waals surface area (Å²) in [5, 5.41) is 16.0. The monoisotopic (exact) mass is 466 g/mol. The molecule has 0 saturated heterocycles. The van der Waals surface area contributed by atoms with E-state index in [1.165, 1.54) is 23.1 Å². The van der Waals surface area contributed by atoms with E-state index in [2.05, 4.69) is 10.6 Å². The zero-order chi connectivity index (χ0) is 24.3. The molecular weight excluding hydrogens is 444 g/mol. The van der Waals surface area contributed by atoms with Crippen molar-refractivity contribution in [2.45, 2.75) is 31.2 Å². The number of fused-ring (bicyclic) bond motifs is 1. The molecule has 0 unspecified atom stereocenters. The van der Waals surface area contributed by atoms with Gasteiger partial charge in [0, 0.05) is 17.7 Å². The average molecular weight is 466 g/mol. The Morgan fingerprint density at radius 3 is 2.59 bits per heavy atom. The largest absolute Gasteiger partial charge is 0.454 e. The van der Waals surface area contributed by atoms with Gasteiger partial charge in [-0.1, -0.05) is 31.0 Å². The van der Waals surface area contributed by atoms with Gasteiger partial charge in [0.15, 0.2) is 6.61 Å². The fourth-order valence-electron chi connectivity index (χ4n) is 4.40. The summed E-state index contributed by atoms with van der Waals surface area (Å²) in [7, 11) is 0. The standard InChI is InChI=1S/C23H22N4O7/c28-19(14-34-20(29)13-24-21(30)15-6-5-7-16(12-15)27(32)33)26-18-9-2-1-8-17(18)25-22(31)23(26)10-3-4-11-23/h1-2,5-9,12H,3-4,10-11,13-14H2,(H,24,30)(H,25,31). The van der Waals surface area contributed by atoms with Crippen LogP contribution in [0.1, 0.15) is 36.0 Å². The molecule has 2 aromatic rings. The van der Waals surface area contributed by atoms with Crippen LogP contribution in [-0.2, 0) is 19.1 Å². The summed E-state index contributed by atoms with van der Waals surface area (Å²) in [4.78, 5) is 62.1. The van der Waals surface area contributed by atoms with E-state index < -0.39 is 41.4 Å². The number of nitro benzene ring substituents is 1. The number of ether oxygens (including phenoxy) is 1. The third-order valence-corrected chi connectivity index (χ3v) is 5.99. The summed E-state index contributed by atoms with van der Waals surface area (Å²) in [5.74, 6) is -2.35. The molecule has 11 nitrogen and oxygen atoms in total. The van der Waals surface area contributed by atoms with Crippen molar-refractivity contribution in [1.82, 2.24) is 5.32 Å². The molecule has 1 aliphatic carbocycles. The number of para-hydroxylation sites is 2. The van der Waals surface area contributed by atoms with Crippen LogP contribution in [0.2, 0.25) is 0 Å². The first-order chi connectivity index (χ1) is 16.3. The molecule has 1 saturated carbocycles. The minimum atomic E-state index is -1.02. The van der Waals surface area contributed by atoms with Crippen molar-refractivity contribution in [3.8, 4) is 0 Å². The molecule has 2 aliphatic rings. The van der Waals surface area contributed by atoms with E-state index >= 15 is 0 Å². The number of amides is 3. The molecule has 3 amide bonds. The van der Waals surface area contributed by atoms with Crippen LogP contribution in [0.3, 0.4) is 0 Å². The normalized spacial score (nSPS) is 15.9. The third-order valence-electron chi connectivity index (χ3n) is 5.99. The number of hydrogen-bond donors (Lipinski definition) is 2. The van der Waals surface area contributed by atoms with E-state index in [-0.39, 0.29) is 17.2 Å². The van der Waals surface area contributed by atoms with E-state index in [0.29, 0.717) is 24.2 Å². The zero-order valence-corrected chi connectivity index (χ0v) is 18.1. The Bertz CT molecular complexity index is 1170. The third kappa shape index (κ3) is 4.32. The first-order valence-electron chi connectivity index (χ1n) is 10.7. The van der Waals surface area contributed by atoms with Crippen molar-refractivity contribution in [1.29, 1.82) is 0 Å². The molecule has 34 heavy (non-hydrogen) atoms. The van der Waals surface area contributed by atoms with Gasteiger partial charge in [-0.05, 0) is 31.0 Å². The number of nitrogens with zero attached hydrogens (tertiary/aromatic N) is 2. The van der Waals surface area contributed by atoms with Gasteiger partial charge < -0.3 is 15.4 Å². The molecule has 176 valence electrons. The lowest BCUT2D eigenvalue weighted by atomic mass is 9.90. The lowest BCUT2D eigenvalue weighted by molar-refractivity contribution is -0.384. The van der Waals surface area contributed by atoms with E-state index in [1.807, 2.05) is 0 Å². The van der Waals surface area contributed by atoms with Crippen LogP contribution in [0.15, 0.2) is 48.5 Å². The van der Waals surface area contributed by atoms with Crippen LogP contribution in [0.25, 0.3) is 0 Å². The highest BCUT2D eigenvalue weighted by Crippen LogP contribution is 2.45. The van der Waals surface area contributed by atoms with Gasteiger partial charge in [-0.3, -0.25) is 34.2 Å². The Morgan fingerprint density at radius 2 is 1.85 bits per heavy atom. The summed E-state index contributed by atoms with van der Waals surface area (Å²) < 4.78 is 5.07. The lowest BCUT2D eigenvalue weighted by Crippen LogP contribution is -2.61. The predicted molar refractivity (Wildman–Crippen MR) is 120 cm³/mol. The fraction of sp³-hybridized carbons (Fsp3) is 0.304. The van der Waals surface area contributed by atoms with Crippen molar-refractivity contribution in [3.05, 3.63) is 64.2 Å². The Labute approximate surface area is 194 Å². The smallest absolute Gasteiger partial charge is 0.325 e. The quantitative estimate of drug-likeness (QED) is 0.376. The van der Waals surface area contributed by atoms with Gasteiger partial charge >= 0.3 is 5.97 Å². The molecule has 0 aromatic heterocycles. The van der Waals surface area contributed by atoms with Crippen molar-refractivity contribution in [2.24, 2.45) is 0 Å². The van der Waals surface area contributed by atoms with Crippen LogP contribution < -0.4 is 15.5 Å². The zero-order valence-electron chi connectivity index (χ0n) is 18.1. The second-order valence-corrected chi connectivity index (χ2v) is 8.09. The number of rotatable bonds is 6. The number of nitrogens with one attached hydrogen (secondary N) is 2. The van der Waals surface area contributed by atoms with E-state index in [9.17, 15) is 29.3 Å². The summed E-state index contributed by atoms with van der Waals surface area (Å²) in [5.41, 5.74) is -0.212. The Hall–Kier alpha value is -4.28. The van der Waals surface area contributed by atoms with Crippen molar-refractivity contribution < 1.29 is 28.8 Å². The SMILES string of the molecule is O=C(CNC(=O)c1cccc([N+](=O)[O-])c1)OCC(=O)N1c2ccccc2NC(=O)C12CCCC2. The highest BCUT2D eigenvalue weighted by molar-refractivity contribution is 6.15. The van der Waals surface area contributed by atoms with Crippen LogP contribution in [0.5, 0.6) is 0 Å². The topological polar surface area (TPSA) is 148 Å². The first kappa shape index (κ1) is 22.9. The summed E-state index contributed by atoms with van der Waals surface area (Å²) in [6.45, 7) is -1.13. The maximum absolute atomic E-state index is 13.2. The molecule has 11 heteroatoms. The van der Waals surface area contributed by atoms with E-state index in [1.54, 1.807) is 24.3 Å². The molecular formula is C23H22N4O7. The van der Waals surface area contributed by atoms with Gasteiger partial charge in [0.05, 0.1) is 16.3 Å². The van der Waals surface area contributed by atoms with Crippen molar-refractivity contribution in [3.63, 3.8) is 0 Å². The predicted octanol–water partition coefficient (Wildman–Crippen LogP) is 2.17. The Morgan fingerprint density at radius 1 is 1.12 bits per heavy atom. The summed E-state index contributed by atoms with van der Waals surface area (Å²) in [6.07, 6.45) is 2.60. The van der Waals surface area contributed by atoms with Gasteiger partial charge in [-0.15, -0.1) is 0 Å². The molecule has 0 atom stereocenters. The highest BCUT2D eigenvalue weighted by atomic mass is 16.6. The van der Waals surface area contributed by atoms with Crippen LogP contribution >= 0.6 is 0 Å². The van der Waals surface area contributed by atoms with E-state index in [0.717, 1.165) is 18.9 Å². The van der Waals surface area contributed by atoms with Gasteiger partial charge in [0.2, 0.25) is 0 Å². The molecule has 1 spiro atoms. The molecule has 0 radical (unpaired) electrons. The van der Waals surface area contributed by atoms with E-state index in [4.69, 9.17) is 4.74 Å². The van der Waals surface area contributed by atoms with Crippen LogP contribution in [0.4, 0.5) is 17.1 Å². The van der Waals surface area contributed by atoms with Gasteiger partial charge in [-0.25, -0.2) is 0 Å².